The van der Waals surface area contributed by atoms with Crippen LogP contribution in [0.3, 0.4) is 0 Å². The summed E-state index contributed by atoms with van der Waals surface area (Å²) < 4.78 is 0. The number of rotatable bonds is 3. The fourth-order valence-electron chi connectivity index (χ4n) is 1.92. The van der Waals surface area contributed by atoms with Crippen LogP contribution in [0.2, 0.25) is 0 Å². The van der Waals surface area contributed by atoms with Gasteiger partial charge >= 0.3 is 0 Å². The van der Waals surface area contributed by atoms with Gasteiger partial charge in [-0.2, -0.15) is 0 Å². The van der Waals surface area contributed by atoms with Crippen molar-refractivity contribution in [3.63, 3.8) is 0 Å². The summed E-state index contributed by atoms with van der Waals surface area (Å²) in [5.74, 6) is 0.0224. The second kappa shape index (κ2) is 5.07. The lowest BCUT2D eigenvalue weighted by atomic mass is 9.91. The first-order valence-electron chi connectivity index (χ1n) is 6.37. The van der Waals surface area contributed by atoms with E-state index in [4.69, 9.17) is 0 Å². The van der Waals surface area contributed by atoms with Crippen molar-refractivity contribution in [3.8, 4) is 0 Å². The number of carbonyl (C=O) groups excluding carboxylic acids is 2. The Morgan fingerprint density at radius 1 is 1.29 bits per heavy atom. The molecule has 4 nitrogen and oxygen atoms in total. The molecule has 2 unspecified atom stereocenters. The molecule has 1 saturated heterocycles. The van der Waals surface area contributed by atoms with Crippen LogP contribution < -0.4 is 5.32 Å². The van der Waals surface area contributed by atoms with Crippen molar-refractivity contribution in [1.29, 1.82) is 0 Å². The molecule has 0 radical (unpaired) electrons. The van der Waals surface area contributed by atoms with Gasteiger partial charge in [-0.1, -0.05) is 27.7 Å². The zero-order valence-corrected chi connectivity index (χ0v) is 11.5. The Balaban J connectivity index is 2.72. The highest BCUT2D eigenvalue weighted by molar-refractivity contribution is 5.96. The molecule has 0 saturated carbocycles. The van der Waals surface area contributed by atoms with Gasteiger partial charge in [0.15, 0.2) is 0 Å². The molecule has 1 fully saturated rings. The summed E-state index contributed by atoms with van der Waals surface area (Å²) in [6, 6.07) is -0.675. The summed E-state index contributed by atoms with van der Waals surface area (Å²) in [5.41, 5.74) is 0.176. The van der Waals surface area contributed by atoms with Gasteiger partial charge in [-0.05, 0) is 25.2 Å². The van der Waals surface area contributed by atoms with Gasteiger partial charge in [0.1, 0.15) is 12.1 Å². The maximum absolute atomic E-state index is 12.1. The van der Waals surface area contributed by atoms with Crippen LogP contribution >= 0.6 is 0 Å². The van der Waals surface area contributed by atoms with Crippen molar-refractivity contribution in [2.45, 2.75) is 59.5 Å². The summed E-state index contributed by atoms with van der Waals surface area (Å²) in [5, 5.41) is 2.76. The number of hydrogen-bond donors (Lipinski definition) is 1. The maximum Gasteiger partial charge on any atom is 0.245 e. The molecule has 17 heavy (non-hydrogen) atoms. The second-order valence-corrected chi connectivity index (χ2v) is 5.99. The Bertz CT molecular complexity index is 307. The number of piperazine rings is 1. The Kier molecular flexibility index (Phi) is 4.17. The molecule has 1 N–H and O–H groups in total. The van der Waals surface area contributed by atoms with Crippen molar-refractivity contribution in [1.82, 2.24) is 10.2 Å². The molecule has 0 bridgehead atoms. The van der Waals surface area contributed by atoms with Crippen molar-refractivity contribution in [2.24, 2.45) is 5.41 Å². The Morgan fingerprint density at radius 2 is 1.88 bits per heavy atom. The van der Waals surface area contributed by atoms with Crippen LogP contribution in [-0.2, 0) is 9.59 Å². The fraction of sp³-hybridized carbons (Fsp3) is 0.846. The molecular formula is C13H24N2O2. The van der Waals surface area contributed by atoms with E-state index < -0.39 is 0 Å². The first-order chi connectivity index (χ1) is 7.76. The Morgan fingerprint density at radius 3 is 2.35 bits per heavy atom. The molecule has 0 spiro atoms. The third kappa shape index (κ3) is 3.45. The van der Waals surface area contributed by atoms with E-state index in [1.165, 1.54) is 0 Å². The zero-order valence-electron chi connectivity index (χ0n) is 11.5. The second-order valence-electron chi connectivity index (χ2n) is 5.99. The van der Waals surface area contributed by atoms with Crippen molar-refractivity contribution >= 4 is 11.8 Å². The van der Waals surface area contributed by atoms with Crippen LogP contribution in [-0.4, -0.2) is 35.3 Å². The number of nitrogens with one attached hydrogen (secondary N) is 1. The molecule has 2 amide bonds. The van der Waals surface area contributed by atoms with E-state index in [-0.39, 0.29) is 29.3 Å². The molecule has 1 aliphatic heterocycles. The minimum atomic E-state index is -0.340. The standard InChI is InChI=1S/C13H24N2O2/c1-6-10-12(17)15(8-7-13(3,4)5)9(2)11(16)14-10/h9-10H,6-8H2,1-5H3,(H,14,16). The molecule has 98 valence electrons. The SMILES string of the molecule is CCC1NC(=O)C(C)N(CCC(C)(C)C)C1=O. The highest BCUT2D eigenvalue weighted by Crippen LogP contribution is 2.21. The minimum Gasteiger partial charge on any atom is -0.343 e. The lowest BCUT2D eigenvalue weighted by Crippen LogP contribution is -2.62. The van der Waals surface area contributed by atoms with Gasteiger partial charge < -0.3 is 10.2 Å². The summed E-state index contributed by atoms with van der Waals surface area (Å²) >= 11 is 0. The largest absolute Gasteiger partial charge is 0.343 e. The molecule has 4 heteroatoms. The van der Waals surface area contributed by atoms with E-state index in [0.717, 1.165) is 6.42 Å². The lowest BCUT2D eigenvalue weighted by molar-refractivity contribution is -0.149. The molecule has 2 atom stereocenters. The van der Waals surface area contributed by atoms with Crippen molar-refractivity contribution < 1.29 is 9.59 Å². The van der Waals surface area contributed by atoms with Crippen molar-refractivity contribution in [3.05, 3.63) is 0 Å². The predicted octanol–water partition coefficient (Wildman–Crippen LogP) is 1.55. The maximum atomic E-state index is 12.1. The molecule has 0 aliphatic carbocycles. The summed E-state index contributed by atoms with van der Waals surface area (Å²) in [6.45, 7) is 10.8. The first-order valence-corrected chi connectivity index (χ1v) is 6.37. The molecule has 0 aromatic carbocycles. The molecule has 1 rings (SSSR count). The zero-order chi connectivity index (χ0) is 13.2. The lowest BCUT2D eigenvalue weighted by Gasteiger charge is -2.38. The highest BCUT2D eigenvalue weighted by Gasteiger charge is 2.37. The monoisotopic (exact) mass is 240 g/mol. The smallest absolute Gasteiger partial charge is 0.245 e. The van der Waals surface area contributed by atoms with E-state index >= 15 is 0 Å². The topological polar surface area (TPSA) is 49.4 Å². The number of hydrogen-bond acceptors (Lipinski definition) is 2. The number of carbonyl (C=O) groups is 2. The normalized spacial score (nSPS) is 26.1. The average molecular weight is 240 g/mol. The highest BCUT2D eigenvalue weighted by atomic mass is 16.2. The van der Waals surface area contributed by atoms with E-state index in [0.29, 0.717) is 13.0 Å². The van der Waals surface area contributed by atoms with Crippen LogP contribution in [0.1, 0.15) is 47.5 Å². The number of nitrogens with zero attached hydrogens (tertiary/aromatic N) is 1. The fourth-order valence-corrected chi connectivity index (χ4v) is 1.92. The van der Waals surface area contributed by atoms with Gasteiger partial charge in [0.05, 0.1) is 0 Å². The molecular weight excluding hydrogens is 216 g/mol. The van der Waals surface area contributed by atoms with E-state index in [1.807, 2.05) is 6.92 Å². The Hall–Kier alpha value is -1.06. The first kappa shape index (κ1) is 14.0. The minimum absolute atomic E-state index is 0.0367. The Labute approximate surface area is 104 Å². The molecule has 1 heterocycles. The van der Waals surface area contributed by atoms with Gasteiger partial charge in [0.25, 0.3) is 0 Å². The van der Waals surface area contributed by atoms with E-state index in [1.54, 1.807) is 11.8 Å². The molecule has 1 aliphatic rings. The van der Waals surface area contributed by atoms with Gasteiger partial charge in [0.2, 0.25) is 11.8 Å². The van der Waals surface area contributed by atoms with Gasteiger partial charge in [0, 0.05) is 6.54 Å². The third-order valence-corrected chi connectivity index (χ3v) is 3.26. The molecule has 0 aromatic heterocycles. The summed E-state index contributed by atoms with van der Waals surface area (Å²) in [6.07, 6.45) is 1.57. The van der Waals surface area contributed by atoms with Crippen LogP contribution in [0.15, 0.2) is 0 Å². The summed E-state index contributed by atoms with van der Waals surface area (Å²) in [7, 11) is 0. The molecule has 0 aromatic rings. The average Bonchev–Trinajstić information content (AvgIpc) is 2.22. The predicted molar refractivity (Wildman–Crippen MR) is 67.5 cm³/mol. The van der Waals surface area contributed by atoms with Crippen molar-refractivity contribution in [2.75, 3.05) is 6.54 Å². The van der Waals surface area contributed by atoms with Crippen LogP contribution in [0, 0.1) is 5.41 Å². The van der Waals surface area contributed by atoms with E-state index in [9.17, 15) is 9.59 Å². The van der Waals surface area contributed by atoms with Gasteiger partial charge in [-0.25, -0.2) is 0 Å². The van der Waals surface area contributed by atoms with E-state index in [2.05, 4.69) is 26.1 Å². The van der Waals surface area contributed by atoms with Gasteiger partial charge in [-0.15, -0.1) is 0 Å². The van der Waals surface area contributed by atoms with Crippen LogP contribution in [0.4, 0.5) is 0 Å². The van der Waals surface area contributed by atoms with Crippen LogP contribution in [0.5, 0.6) is 0 Å². The van der Waals surface area contributed by atoms with Gasteiger partial charge in [-0.3, -0.25) is 9.59 Å². The van der Waals surface area contributed by atoms with Crippen LogP contribution in [0.25, 0.3) is 0 Å². The summed E-state index contributed by atoms with van der Waals surface area (Å²) in [4.78, 5) is 25.6. The number of amides is 2. The third-order valence-electron chi connectivity index (χ3n) is 3.26. The quantitative estimate of drug-likeness (QED) is 0.813.